The van der Waals surface area contributed by atoms with E-state index in [1.165, 1.54) is 0 Å². The van der Waals surface area contributed by atoms with E-state index in [2.05, 4.69) is 22.2 Å². The predicted octanol–water partition coefficient (Wildman–Crippen LogP) is 1.95. The molecular formula is C19H21N5O2. The lowest BCUT2D eigenvalue weighted by Crippen LogP contribution is -2.32. The molecule has 1 aliphatic heterocycles. The molecule has 2 atom stereocenters. The Kier molecular flexibility index (Phi) is 4.08. The van der Waals surface area contributed by atoms with Gasteiger partial charge >= 0.3 is 0 Å². The summed E-state index contributed by atoms with van der Waals surface area (Å²) in [5.41, 5.74) is 8.54. The summed E-state index contributed by atoms with van der Waals surface area (Å²) in [6, 6.07) is 9.99. The van der Waals surface area contributed by atoms with Crippen molar-refractivity contribution in [3.8, 4) is 11.5 Å². The van der Waals surface area contributed by atoms with Crippen LogP contribution in [0.3, 0.4) is 0 Å². The van der Waals surface area contributed by atoms with Crippen LogP contribution >= 0.6 is 0 Å². The lowest BCUT2D eigenvalue weighted by atomic mass is 9.95. The number of nitrogens with zero attached hydrogens (tertiary/aromatic N) is 4. The summed E-state index contributed by atoms with van der Waals surface area (Å²) in [7, 11) is 1.82. The van der Waals surface area contributed by atoms with Gasteiger partial charge in [-0.25, -0.2) is 4.98 Å². The molecule has 3 heterocycles. The molecule has 0 unspecified atom stereocenters. The topological polar surface area (TPSA) is 90.2 Å². The standard InChI is InChI=1S/C19H21N5O2/c1-12-17(22-18(26-12)14-8-21-23(2)9-14)19(25)24-10-15(16(20)11-24)13-6-4-3-5-7-13/h3-9,15-16H,10-11,20H2,1-2H3/t15-,16+/m0/s1. The smallest absolute Gasteiger partial charge is 0.276 e. The molecule has 0 bridgehead atoms. The molecule has 3 aromatic rings. The number of oxazole rings is 1. The number of amides is 1. The van der Waals surface area contributed by atoms with E-state index in [-0.39, 0.29) is 17.9 Å². The van der Waals surface area contributed by atoms with Gasteiger partial charge in [0.2, 0.25) is 5.89 Å². The van der Waals surface area contributed by atoms with Gasteiger partial charge < -0.3 is 15.1 Å². The number of carbonyl (C=O) groups is 1. The van der Waals surface area contributed by atoms with Gasteiger partial charge in [-0.1, -0.05) is 30.3 Å². The highest BCUT2D eigenvalue weighted by Crippen LogP contribution is 2.29. The number of hydrogen-bond donors (Lipinski definition) is 1. The van der Waals surface area contributed by atoms with Crippen molar-refractivity contribution < 1.29 is 9.21 Å². The Labute approximate surface area is 151 Å². The second-order valence-corrected chi connectivity index (χ2v) is 6.72. The predicted molar refractivity (Wildman–Crippen MR) is 96.5 cm³/mol. The van der Waals surface area contributed by atoms with Gasteiger partial charge in [0, 0.05) is 38.3 Å². The first kappa shape index (κ1) is 16.5. The molecule has 134 valence electrons. The number of likely N-dealkylation sites (tertiary alicyclic amines) is 1. The highest BCUT2D eigenvalue weighted by molar-refractivity contribution is 5.94. The zero-order valence-electron chi connectivity index (χ0n) is 14.8. The monoisotopic (exact) mass is 351 g/mol. The van der Waals surface area contributed by atoms with Crippen LogP contribution in [-0.2, 0) is 7.05 Å². The Morgan fingerprint density at radius 3 is 2.73 bits per heavy atom. The molecule has 1 amide bonds. The number of benzene rings is 1. The molecule has 26 heavy (non-hydrogen) atoms. The van der Waals surface area contributed by atoms with Gasteiger partial charge in [0.25, 0.3) is 5.91 Å². The van der Waals surface area contributed by atoms with Crippen LogP contribution in [-0.4, -0.2) is 44.7 Å². The maximum atomic E-state index is 13.0. The number of hydrogen-bond acceptors (Lipinski definition) is 5. The number of carbonyl (C=O) groups excluding carboxylic acids is 1. The van der Waals surface area contributed by atoms with Crippen molar-refractivity contribution in [3.63, 3.8) is 0 Å². The van der Waals surface area contributed by atoms with Crippen molar-refractivity contribution in [3.05, 3.63) is 59.7 Å². The molecule has 2 N–H and O–H groups in total. The number of rotatable bonds is 3. The Hall–Kier alpha value is -2.93. The normalized spacial score (nSPS) is 19.9. The number of aromatic nitrogens is 3. The Bertz CT molecular complexity index is 931. The molecule has 0 aliphatic carbocycles. The van der Waals surface area contributed by atoms with E-state index >= 15 is 0 Å². The molecule has 0 saturated carbocycles. The van der Waals surface area contributed by atoms with Crippen LogP contribution in [0.2, 0.25) is 0 Å². The van der Waals surface area contributed by atoms with Crippen molar-refractivity contribution in [2.24, 2.45) is 12.8 Å². The fourth-order valence-electron chi connectivity index (χ4n) is 3.45. The van der Waals surface area contributed by atoms with Crippen LogP contribution in [0.5, 0.6) is 0 Å². The summed E-state index contributed by atoms with van der Waals surface area (Å²) in [6.07, 6.45) is 3.47. The first-order chi connectivity index (χ1) is 12.5. The van der Waals surface area contributed by atoms with E-state index < -0.39 is 0 Å². The maximum absolute atomic E-state index is 13.0. The second-order valence-electron chi connectivity index (χ2n) is 6.72. The van der Waals surface area contributed by atoms with Crippen LogP contribution in [0.25, 0.3) is 11.5 Å². The summed E-state index contributed by atoms with van der Waals surface area (Å²) in [5, 5.41) is 4.11. The van der Waals surface area contributed by atoms with Crippen molar-refractivity contribution in [1.29, 1.82) is 0 Å². The van der Waals surface area contributed by atoms with E-state index in [9.17, 15) is 4.79 Å². The van der Waals surface area contributed by atoms with E-state index in [1.54, 1.807) is 28.9 Å². The van der Waals surface area contributed by atoms with Crippen molar-refractivity contribution >= 4 is 5.91 Å². The quantitative estimate of drug-likeness (QED) is 0.779. The van der Waals surface area contributed by atoms with E-state index in [0.29, 0.717) is 30.4 Å². The fraction of sp³-hybridized carbons (Fsp3) is 0.316. The van der Waals surface area contributed by atoms with Crippen molar-refractivity contribution in [2.45, 2.75) is 18.9 Å². The van der Waals surface area contributed by atoms with Crippen LogP contribution in [0, 0.1) is 6.92 Å². The molecule has 7 nitrogen and oxygen atoms in total. The molecule has 1 aromatic carbocycles. The summed E-state index contributed by atoms with van der Waals surface area (Å²) in [6.45, 7) is 2.84. The molecule has 1 fully saturated rings. The SMILES string of the molecule is Cc1oc(-c2cnn(C)c2)nc1C(=O)N1C[C@@H](N)[C@H](c2ccccc2)C1. The minimum Gasteiger partial charge on any atom is -0.440 e. The van der Waals surface area contributed by atoms with Crippen LogP contribution < -0.4 is 5.73 Å². The van der Waals surface area contributed by atoms with Gasteiger partial charge in [-0.15, -0.1) is 0 Å². The van der Waals surface area contributed by atoms with E-state index in [1.807, 2.05) is 25.2 Å². The summed E-state index contributed by atoms with van der Waals surface area (Å²) >= 11 is 0. The molecule has 2 aromatic heterocycles. The van der Waals surface area contributed by atoms with Gasteiger partial charge in [0.1, 0.15) is 5.76 Å². The van der Waals surface area contributed by atoms with Crippen molar-refractivity contribution in [2.75, 3.05) is 13.1 Å². The highest BCUT2D eigenvalue weighted by Gasteiger charge is 2.36. The van der Waals surface area contributed by atoms with Crippen LogP contribution in [0.15, 0.2) is 47.1 Å². The molecule has 7 heteroatoms. The van der Waals surface area contributed by atoms with Gasteiger partial charge in [0.05, 0.1) is 11.8 Å². The third-order valence-electron chi connectivity index (χ3n) is 4.83. The van der Waals surface area contributed by atoms with E-state index in [0.717, 1.165) is 11.1 Å². The van der Waals surface area contributed by atoms with Crippen molar-refractivity contribution in [1.82, 2.24) is 19.7 Å². The molecule has 4 rings (SSSR count). The molecule has 0 spiro atoms. The zero-order chi connectivity index (χ0) is 18.3. The lowest BCUT2D eigenvalue weighted by Gasteiger charge is -2.15. The minimum absolute atomic E-state index is 0.0913. The van der Waals surface area contributed by atoms with Crippen LogP contribution in [0.1, 0.15) is 27.7 Å². The Morgan fingerprint density at radius 1 is 1.27 bits per heavy atom. The summed E-state index contributed by atoms with van der Waals surface area (Å²) < 4.78 is 7.36. The third kappa shape index (κ3) is 2.90. The number of aryl methyl sites for hydroxylation is 2. The first-order valence-corrected chi connectivity index (χ1v) is 8.59. The molecule has 0 radical (unpaired) electrons. The van der Waals surface area contributed by atoms with E-state index in [4.69, 9.17) is 10.2 Å². The van der Waals surface area contributed by atoms with Gasteiger partial charge in [-0.05, 0) is 12.5 Å². The van der Waals surface area contributed by atoms with Gasteiger partial charge in [-0.2, -0.15) is 5.10 Å². The summed E-state index contributed by atoms with van der Waals surface area (Å²) in [4.78, 5) is 19.1. The first-order valence-electron chi connectivity index (χ1n) is 8.59. The van der Waals surface area contributed by atoms with Gasteiger partial charge in [-0.3, -0.25) is 9.48 Å². The lowest BCUT2D eigenvalue weighted by molar-refractivity contribution is 0.0782. The minimum atomic E-state index is -0.143. The average molecular weight is 351 g/mol. The zero-order valence-corrected chi connectivity index (χ0v) is 14.8. The summed E-state index contributed by atoms with van der Waals surface area (Å²) in [5.74, 6) is 0.896. The average Bonchev–Trinajstić information content (AvgIpc) is 3.33. The van der Waals surface area contributed by atoms with Gasteiger partial charge in [0.15, 0.2) is 5.69 Å². The Balaban J connectivity index is 1.56. The number of nitrogens with two attached hydrogens (primary N) is 1. The maximum Gasteiger partial charge on any atom is 0.276 e. The largest absolute Gasteiger partial charge is 0.440 e. The van der Waals surface area contributed by atoms with Crippen LogP contribution in [0.4, 0.5) is 0 Å². The second kappa shape index (κ2) is 6.42. The molecule has 1 aliphatic rings. The third-order valence-corrected chi connectivity index (χ3v) is 4.83. The fourth-order valence-corrected chi connectivity index (χ4v) is 3.45. The molecular weight excluding hydrogens is 330 g/mol. The Morgan fingerprint density at radius 2 is 2.04 bits per heavy atom. The molecule has 1 saturated heterocycles. The highest BCUT2D eigenvalue weighted by atomic mass is 16.4.